The molecule has 1 aromatic carbocycles. The van der Waals surface area contributed by atoms with E-state index < -0.39 is 7.60 Å². The molecule has 0 amide bonds. The molecule has 1 N–H and O–H groups in total. The second kappa shape index (κ2) is 6.95. The van der Waals surface area contributed by atoms with Gasteiger partial charge < -0.3 is 9.42 Å². The van der Waals surface area contributed by atoms with Crippen LogP contribution in [0.3, 0.4) is 0 Å². The molecule has 0 aromatic heterocycles. The quantitative estimate of drug-likeness (QED) is 0.600. The van der Waals surface area contributed by atoms with Crippen molar-refractivity contribution in [2.45, 2.75) is 39.5 Å². The molecule has 0 aliphatic rings. The molecule has 17 heavy (non-hydrogen) atoms. The van der Waals surface area contributed by atoms with Gasteiger partial charge >= 0.3 is 7.60 Å². The molecule has 4 heteroatoms. The summed E-state index contributed by atoms with van der Waals surface area (Å²) >= 11 is 0. The van der Waals surface area contributed by atoms with E-state index in [0.717, 1.165) is 31.2 Å². The highest BCUT2D eigenvalue weighted by Crippen LogP contribution is 2.40. The van der Waals surface area contributed by atoms with Gasteiger partial charge in [-0.15, -0.1) is 0 Å². The first-order chi connectivity index (χ1) is 8.06. The topological polar surface area (TPSA) is 46.5 Å². The first kappa shape index (κ1) is 14.4. The second-order valence-corrected chi connectivity index (χ2v) is 6.07. The Balaban J connectivity index is 2.45. The molecule has 3 nitrogen and oxygen atoms in total. The van der Waals surface area contributed by atoms with Crippen LogP contribution >= 0.6 is 7.60 Å². The first-order valence-electron chi connectivity index (χ1n) is 6.11. The van der Waals surface area contributed by atoms with Crippen LogP contribution in [0.15, 0.2) is 24.3 Å². The molecule has 0 heterocycles. The van der Waals surface area contributed by atoms with Gasteiger partial charge in [0, 0.05) is 0 Å². The fourth-order valence-electron chi connectivity index (χ4n) is 1.52. The third-order valence-corrected chi connectivity index (χ3v) is 4.11. The standard InChI is InChI=1S/C13H21O3P/c1-3-4-5-6-11-16-17(14,15)13-9-7-12(2)8-10-13/h7-10H,3-6,11H2,1-2H3,(H,14,15). The van der Waals surface area contributed by atoms with Gasteiger partial charge in [-0.3, -0.25) is 4.57 Å². The number of hydrogen-bond acceptors (Lipinski definition) is 2. The summed E-state index contributed by atoms with van der Waals surface area (Å²) in [7, 11) is -3.61. The Labute approximate surface area is 103 Å². The summed E-state index contributed by atoms with van der Waals surface area (Å²) in [5.41, 5.74) is 1.07. The summed E-state index contributed by atoms with van der Waals surface area (Å²) in [6.45, 7) is 4.42. The van der Waals surface area contributed by atoms with Crippen molar-refractivity contribution < 1.29 is 14.0 Å². The lowest BCUT2D eigenvalue weighted by Crippen LogP contribution is -2.07. The van der Waals surface area contributed by atoms with Crippen molar-refractivity contribution in [3.8, 4) is 0 Å². The van der Waals surface area contributed by atoms with Gasteiger partial charge in [0.05, 0.1) is 11.9 Å². The first-order valence-corrected chi connectivity index (χ1v) is 7.68. The Hall–Kier alpha value is -0.630. The molecule has 0 saturated heterocycles. The van der Waals surface area contributed by atoms with Crippen LogP contribution in [0.2, 0.25) is 0 Å². The van der Waals surface area contributed by atoms with Crippen LogP contribution in [-0.2, 0) is 9.09 Å². The predicted octanol–water partition coefficient (Wildman–Crippen LogP) is 3.40. The molecule has 0 aliphatic carbocycles. The summed E-state index contributed by atoms with van der Waals surface area (Å²) in [4.78, 5) is 9.77. The van der Waals surface area contributed by atoms with E-state index in [1.165, 1.54) is 0 Å². The minimum Gasteiger partial charge on any atom is -0.321 e. The Bertz CT molecular complexity index is 373. The number of hydrogen-bond donors (Lipinski definition) is 1. The van der Waals surface area contributed by atoms with Gasteiger partial charge in [0.15, 0.2) is 0 Å². The fraction of sp³-hybridized carbons (Fsp3) is 0.538. The molecule has 0 spiro atoms. The summed E-state index contributed by atoms with van der Waals surface area (Å²) < 4.78 is 17.0. The van der Waals surface area contributed by atoms with Gasteiger partial charge in [-0.25, -0.2) is 0 Å². The number of rotatable bonds is 7. The maximum Gasteiger partial charge on any atom is 0.358 e. The zero-order chi connectivity index (χ0) is 12.7. The average Bonchev–Trinajstić information content (AvgIpc) is 2.29. The largest absolute Gasteiger partial charge is 0.358 e. The van der Waals surface area contributed by atoms with E-state index in [9.17, 15) is 9.46 Å². The number of benzene rings is 1. The molecule has 1 atom stereocenters. The molecule has 1 rings (SSSR count). The van der Waals surface area contributed by atoms with Crippen LogP contribution in [0, 0.1) is 6.92 Å². The van der Waals surface area contributed by atoms with Crippen molar-refractivity contribution in [2.24, 2.45) is 0 Å². The monoisotopic (exact) mass is 256 g/mol. The highest BCUT2D eigenvalue weighted by atomic mass is 31.2. The highest BCUT2D eigenvalue weighted by Gasteiger charge is 2.21. The van der Waals surface area contributed by atoms with E-state index in [1.807, 2.05) is 19.1 Å². The molecule has 0 bridgehead atoms. The molecule has 0 saturated carbocycles. The molecular formula is C13H21O3P. The lowest BCUT2D eigenvalue weighted by Gasteiger charge is -2.12. The van der Waals surface area contributed by atoms with Gasteiger partial charge in [0.2, 0.25) is 0 Å². The smallest absolute Gasteiger partial charge is 0.321 e. The molecule has 1 unspecified atom stereocenters. The number of aryl methyl sites for hydroxylation is 1. The Kier molecular flexibility index (Phi) is 5.90. The molecule has 96 valence electrons. The normalized spacial score (nSPS) is 14.5. The summed E-state index contributed by atoms with van der Waals surface area (Å²) in [5.74, 6) is 0. The third kappa shape index (κ3) is 5.03. The molecular weight excluding hydrogens is 235 g/mol. The van der Waals surface area contributed by atoms with E-state index in [0.29, 0.717) is 11.9 Å². The predicted molar refractivity (Wildman–Crippen MR) is 70.7 cm³/mol. The minimum absolute atomic E-state index is 0.349. The van der Waals surface area contributed by atoms with Crippen molar-refractivity contribution in [2.75, 3.05) is 6.61 Å². The molecule has 0 fully saturated rings. The Morgan fingerprint density at radius 3 is 2.41 bits per heavy atom. The van der Waals surface area contributed by atoms with Crippen molar-refractivity contribution in [3.05, 3.63) is 29.8 Å². The van der Waals surface area contributed by atoms with Crippen LogP contribution in [0.1, 0.15) is 38.2 Å². The van der Waals surface area contributed by atoms with Gasteiger partial charge in [-0.1, -0.05) is 43.9 Å². The third-order valence-electron chi connectivity index (χ3n) is 2.62. The van der Waals surface area contributed by atoms with Crippen LogP contribution in [0.4, 0.5) is 0 Å². The Morgan fingerprint density at radius 1 is 1.18 bits per heavy atom. The van der Waals surface area contributed by atoms with Crippen molar-refractivity contribution in [1.82, 2.24) is 0 Å². The van der Waals surface area contributed by atoms with Gasteiger partial charge in [0.25, 0.3) is 0 Å². The number of unbranched alkanes of at least 4 members (excludes halogenated alkanes) is 3. The second-order valence-electron chi connectivity index (χ2n) is 4.25. The van der Waals surface area contributed by atoms with Crippen LogP contribution in [-0.4, -0.2) is 11.5 Å². The van der Waals surface area contributed by atoms with Crippen LogP contribution < -0.4 is 5.30 Å². The maximum absolute atomic E-state index is 11.9. The zero-order valence-electron chi connectivity index (χ0n) is 10.6. The SMILES string of the molecule is CCCCCCOP(=O)(O)c1ccc(C)cc1. The van der Waals surface area contributed by atoms with Gasteiger partial charge in [-0.2, -0.15) is 0 Å². The molecule has 0 aliphatic heterocycles. The molecule has 0 radical (unpaired) electrons. The lowest BCUT2D eigenvalue weighted by atomic mass is 10.2. The van der Waals surface area contributed by atoms with E-state index >= 15 is 0 Å². The summed E-state index contributed by atoms with van der Waals surface area (Å²) in [5, 5.41) is 0.374. The molecule has 1 aromatic rings. The van der Waals surface area contributed by atoms with E-state index in [4.69, 9.17) is 4.52 Å². The van der Waals surface area contributed by atoms with E-state index in [2.05, 4.69) is 6.92 Å². The average molecular weight is 256 g/mol. The van der Waals surface area contributed by atoms with E-state index in [-0.39, 0.29) is 0 Å². The van der Waals surface area contributed by atoms with E-state index in [1.54, 1.807) is 12.1 Å². The van der Waals surface area contributed by atoms with Crippen molar-refractivity contribution in [3.63, 3.8) is 0 Å². The van der Waals surface area contributed by atoms with Crippen LogP contribution in [0.5, 0.6) is 0 Å². The van der Waals surface area contributed by atoms with Gasteiger partial charge in [0.1, 0.15) is 0 Å². The van der Waals surface area contributed by atoms with Crippen molar-refractivity contribution >= 4 is 12.9 Å². The Morgan fingerprint density at radius 2 is 1.82 bits per heavy atom. The zero-order valence-corrected chi connectivity index (χ0v) is 11.5. The maximum atomic E-state index is 11.9. The highest BCUT2D eigenvalue weighted by molar-refractivity contribution is 7.61. The fourth-order valence-corrected chi connectivity index (χ4v) is 2.58. The summed E-state index contributed by atoms with van der Waals surface area (Å²) in [6, 6.07) is 6.95. The van der Waals surface area contributed by atoms with Crippen LogP contribution in [0.25, 0.3) is 0 Å². The lowest BCUT2D eigenvalue weighted by molar-refractivity contribution is 0.262. The summed E-state index contributed by atoms with van der Waals surface area (Å²) in [6.07, 6.45) is 4.17. The van der Waals surface area contributed by atoms with Crippen molar-refractivity contribution in [1.29, 1.82) is 0 Å². The minimum atomic E-state index is -3.61. The van der Waals surface area contributed by atoms with Gasteiger partial charge in [-0.05, 0) is 25.5 Å².